The SMILES string of the molecule is CC(C)CN1CCN(C(=O)Cn2c(=O)nc3n2C(=O)N(c2ccccc2)C3)CC1. The third-order valence-corrected chi connectivity index (χ3v) is 5.34. The predicted octanol–water partition coefficient (Wildman–Crippen LogP) is 0.833. The van der Waals surface area contributed by atoms with Crippen LogP contribution in [0.1, 0.15) is 19.7 Å². The normalized spacial score (nSPS) is 17.3. The molecule has 1 fully saturated rings. The van der Waals surface area contributed by atoms with Crippen molar-refractivity contribution in [1.82, 2.24) is 24.1 Å². The van der Waals surface area contributed by atoms with Crippen LogP contribution in [0.25, 0.3) is 0 Å². The number of para-hydroxylation sites is 1. The van der Waals surface area contributed by atoms with E-state index < -0.39 is 5.69 Å². The van der Waals surface area contributed by atoms with E-state index in [4.69, 9.17) is 0 Å². The van der Waals surface area contributed by atoms with Crippen LogP contribution in [-0.4, -0.2) is 68.8 Å². The third kappa shape index (κ3) is 3.82. The molecule has 154 valence electrons. The Morgan fingerprint density at radius 3 is 2.41 bits per heavy atom. The maximum absolute atomic E-state index is 12.9. The zero-order chi connectivity index (χ0) is 20.5. The van der Waals surface area contributed by atoms with Crippen molar-refractivity contribution in [1.29, 1.82) is 0 Å². The molecule has 9 nitrogen and oxygen atoms in total. The lowest BCUT2D eigenvalue weighted by Crippen LogP contribution is -2.51. The summed E-state index contributed by atoms with van der Waals surface area (Å²) >= 11 is 0. The van der Waals surface area contributed by atoms with E-state index in [1.54, 1.807) is 9.80 Å². The van der Waals surface area contributed by atoms with Crippen LogP contribution in [-0.2, 0) is 17.9 Å². The van der Waals surface area contributed by atoms with Crippen molar-refractivity contribution in [2.45, 2.75) is 26.9 Å². The molecule has 0 unspecified atom stereocenters. The molecule has 0 atom stereocenters. The molecule has 0 N–H and O–H groups in total. The summed E-state index contributed by atoms with van der Waals surface area (Å²) < 4.78 is 2.39. The number of amides is 2. The molecular formula is C20H26N6O3. The molecule has 0 bridgehead atoms. The first-order valence-electron chi connectivity index (χ1n) is 10.00. The van der Waals surface area contributed by atoms with E-state index in [0.717, 1.165) is 30.0 Å². The lowest BCUT2D eigenvalue weighted by atomic mass is 10.2. The Balaban J connectivity index is 1.46. The number of anilines is 1. The van der Waals surface area contributed by atoms with Crippen molar-refractivity contribution in [3.63, 3.8) is 0 Å². The largest absolute Gasteiger partial charge is 0.365 e. The van der Waals surface area contributed by atoms with Crippen LogP contribution in [0.5, 0.6) is 0 Å². The minimum Gasteiger partial charge on any atom is -0.339 e. The van der Waals surface area contributed by atoms with Gasteiger partial charge < -0.3 is 4.90 Å². The van der Waals surface area contributed by atoms with Crippen molar-refractivity contribution in [2.75, 3.05) is 37.6 Å². The fraction of sp³-hybridized carbons (Fsp3) is 0.500. The molecule has 3 heterocycles. The van der Waals surface area contributed by atoms with E-state index in [2.05, 4.69) is 23.7 Å². The summed E-state index contributed by atoms with van der Waals surface area (Å²) in [6.45, 7) is 8.32. The molecule has 0 radical (unpaired) electrons. The van der Waals surface area contributed by atoms with E-state index in [9.17, 15) is 14.4 Å². The van der Waals surface area contributed by atoms with E-state index >= 15 is 0 Å². The number of carbonyl (C=O) groups is 2. The number of fused-ring (bicyclic) bond motifs is 1. The maximum atomic E-state index is 12.9. The first-order chi connectivity index (χ1) is 13.9. The smallest absolute Gasteiger partial charge is 0.339 e. The lowest BCUT2D eigenvalue weighted by Gasteiger charge is -2.35. The Bertz CT molecular complexity index is 956. The molecule has 2 aliphatic rings. The molecule has 1 saturated heterocycles. The first-order valence-corrected chi connectivity index (χ1v) is 10.00. The minimum atomic E-state index is -0.562. The van der Waals surface area contributed by atoms with Crippen LogP contribution in [0.3, 0.4) is 0 Å². The van der Waals surface area contributed by atoms with Gasteiger partial charge in [-0.15, -0.1) is 0 Å². The van der Waals surface area contributed by atoms with Gasteiger partial charge in [-0.1, -0.05) is 32.0 Å². The van der Waals surface area contributed by atoms with E-state index in [1.165, 1.54) is 4.68 Å². The van der Waals surface area contributed by atoms with Crippen molar-refractivity contribution < 1.29 is 9.59 Å². The van der Waals surface area contributed by atoms with Gasteiger partial charge in [-0.25, -0.2) is 14.3 Å². The number of aromatic nitrogens is 3. The van der Waals surface area contributed by atoms with Crippen LogP contribution < -0.4 is 10.6 Å². The second-order valence-electron chi connectivity index (χ2n) is 7.96. The minimum absolute atomic E-state index is 0.162. The molecule has 1 aromatic heterocycles. The Morgan fingerprint density at radius 2 is 1.76 bits per heavy atom. The molecule has 0 aliphatic carbocycles. The molecule has 2 amide bonds. The maximum Gasteiger partial charge on any atom is 0.365 e. The monoisotopic (exact) mass is 398 g/mol. The average Bonchev–Trinajstić information content (AvgIpc) is 3.18. The Kier molecular flexibility index (Phi) is 5.23. The highest BCUT2D eigenvalue weighted by Gasteiger charge is 2.34. The molecular weight excluding hydrogens is 372 g/mol. The molecule has 1 aromatic carbocycles. The van der Waals surface area contributed by atoms with Crippen LogP contribution in [0, 0.1) is 5.92 Å². The number of piperazine rings is 1. The summed E-state index contributed by atoms with van der Waals surface area (Å²) in [5.74, 6) is 0.784. The topological polar surface area (TPSA) is 83.7 Å². The second-order valence-corrected chi connectivity index (χ2v) is 7.96. The average molecular weight is 398 g/mol. The van der Waals surface area contributed by atoms with Crippen LogP contribution >= 0.6 is 0 Å². The van der Waals surface area contributed by atoms with Crippen molar-refractivity contribution in [3.8, 4) is 0 Å². The van der Waals surface area contributed by atoms with E-state index in [1.807, 2.05) is 30.3 Å². The van der Waals surface area contributed by atoms with Gasteiger partial charge in [0.2, 0.25) is 5.91 Å². The van der Waals surface area contributed by atoms with Gasteiger partial charge in [0, 0.05) is 38.4 Å². The fourth-order valence-electron chi connectivity index (χ4n) is 3.95. The predicted molar refractivity (Wildman–Crippen MR) is 108 cm³/mol. The summed E-state index contributed by atoms with van der Waals surface area (Å²) in [7, 11) is 0. The molecule has 2 aliphatic heterocycles. The van der Waals surface area contributed by atoms with Gasteiger partial charge in [0.05, 0.1) is 6.54 Å². The Labute approximate surface area is 169 Å². The van der Waals surface area contributed by atoms with Crippen LogP contribution in [0.15, 0.2) is 35.1 Å². The summed E-state index contributed by atoms with van der Waals surface area (Å²) in [5, 5.41) is 0. The van der Waals surface area contributed by atoms with Gasteiger partial charge in [0.15, 0.2) is 5.82 Å². The van der Waals surface area contributed by atoms with Crippen LogP contribution in [0.4, 0.5) is 10.5 Å². The fourth-order valence-corrected chi connectivity index (χ4v) is 3.95. The van der Waals surface area contributed by atoms with Gasteiger partial charge in [0.1, 0.15) is 6.54 Å². The first kappa shape index (κ1) is 19.4. The van der Waals surface area contributed by atoms with Gasteiger partial charge >= 0.3 is 11.7 Å². The zero-order valence-electron chi connectivity index (χ0n) is 16.8. The molecule has 0 spiro atoms. The molecule has 9 heteroatoms. The Morgan fingerprint density at radius 1 is 1.07 bits per heavy atom. The number of benzene rings is 1. The molecule has 0 saturated carbocycles. The van der Waals surface area contributed by atoms with Gasteiger partial charge in [0.25, 0.3) is 0 Å². The number of hydrogen-bond acceptors (Lipinski definition) is 5. The van der Waals surface area contributed by atoms with Gasteiger partial charge in [-0.3, -0.25) is 14.6 Å². The standard InChI is InChI=1S/C20H26N6O3/c1-15(2)12-22-8-10-23(11-9-22)18(27)14-25-19(28)21-17-13-24(20(29)26(17)25)16-6-4-3-5-7-16/h3-7,15H,8-14H2,1-2H3. The van der Waals surface area contributed by atoms with E-state index in [0.29, 0.717) is 24.8 Å². The van der Waals surface area contributed by atoms with Crippen molar-refractivity contribution >= 4 is 17.6 Å². The highest BCUT2D eigenvalue weighted by atomic mass is 16.2. The Hall–Kier alpha value is -2.94. The van der Waals surface area contributed by atoms with Crippen molar-refractivity contribution in [2.24, 2.45) is 5.92 Å². The van der Waals surface area contributed by atoms with Crippen molar-refractivity contribution in [3.05, 3.63) is 46.6 Å². The summed E-state index contributed by atoms with van der Waals surface area (Å²) in [4.78, 5) is 47.6. The number of carbonyl (C=O) groups excluding carboxylic acids is 2. The summed E-state index contributed by atoms with van der Waals surface area (Å²) in [6.07, 6.45) is 0. The molecule has 2 aromatic rings. The molecule has 4 rings (SSSR count). The van der Waals surface area contributed by atoms with Gasteiger partial charge in [-0.05, 0) is 18.1 Å². The summed E-state index contributed by atoms with van der Waals surface area (Å²) in [6, 6.07) is 8.86. The summed E-state index contributed by atoms with van der Waals surface area (Å²) in [5.41, 5.74) is 0.169. The quantitative estimate of drug-likeness (QED) is 0.745. The van der Waals surface area contributed by atoms with Crippen LogP contribution in [0.2, 0.25) is 0 Å². The van der Waals surface area contributed by atoms with Gasteiger partial charge in [-0.2, -0.15) is 9.67 Å². The number of nitrogens with zero attached hydrogens (tertiary/aromatic N) is 6. The molecule has 29 heavy (non-hydrogen) atoms. The second kappa shape index (κ2) is 7.82. The zero-order valence-corrected chi connectivity index (χ0v) is 16.8. The number of hydrogen-bond donors (Lipinski definition) is 0. The number of rotatable bonds is 5. The highest BCUT2D eigenvalue weighted by molar-refractivity contribution is 5.95. The third-order valence-electron chi connectivity index (χ3n) is 5.34. The van der Waals surface area contributed by atoms with E-state index in [-0.39, 0.29) is 25.0 Å². The highest BCUT2D eigenvalue weighted by Crippen LogP contribution is 2.22. The lowest BCUT2D eigenvalue weighted by molar-refractivity contribution is -0.134.